The number of hydrogen-bond donors (Lipinski definition) is 2. The second-order valence-electron chi connectivity index (χ2n) is 3.70. The summed E-state index contributed by atoms with van der Waals surface area (Å²) in [6.45, 7) is -0.638. The zero-order valence-electron chi connectivity index (χ0n) is 7.84. The molecule has 0 radical (unpaired) electrons. The zero-order chi connectivity index (χ0) is 10.8. The van der Waals surface area contributed by atoms with Crippen LogP contribution in [-0.2, 0) is 0 Å². The third kappa shape index (κ3) is 2.64. The maximum absolute atomic E-state index is 12.9. The van der Waals surface area contributed by atoms with Crippen LogP contribution in [0.2, 0.25) is 0 Å². The molecule has 0 spiro atoms. The minimum atomic E-state index is -2.90. The molecule has 3 N–H and O–H groups in total. The van der Waals surface area contributed by atoms with Crippen LogP contribution in [0.25, 0.3) is 0 Å². The molecule has 1 fully saturated rings. The van der Waals surface area contributed by atoms with Crippen molar-refractivity contribution < 1.29 is 13.9 Å². The summed E-state index contributed by atoms with van der Waals surface area (Å²) in [6.07, 6.45) is 5.43. The third-order valence-corrected chi connectivity index (χ3v) is 2.35. The minimum absolute atomic E-state index is 0.0963. The van der Waals surface area contributed by atoms with Crippen LogP contribution in [0.1, 0.15) is 6.42 Å². The summed E-state index contributed by atoms with van der Waals surface area (Å²) in [5.41, 5.74) is 3.66. The van der Waals surface area contributed by atoms with Gasteiger partial charge in [-0.15, -0.1) is 6.42 Å². The molecular weight excluding hydrogens is 190 g/mol. The molecular formula is C9H14F2N2O. The molecule has 1 unspecified atom stereocenters. The first-order chi connectivity index (χ1) is 6.41. The lowest BCUT2D eigenvalue weighted by Crippen LogP contribution is -2.42. The number of nitrogens with two attached hydrogens (primary N) is 1. The number of alkyl halides is 2. The number of rotatable bonds is 3. The first-order valence-electron chi connectivity index (χ1n) is 4.41. The molecule has 1 rings (SSSR count). The maximum atomic E-state index is 12.9. The molecule has 1 saturated heterocycles. The molecule has 5 heteroatoms. The fourth-order valence-corrected chi connectivity index (χ4v) is 1.52. The number of likely N-dealkylation sites (tertiary alicyclic amines) is 1. The molecule has 3 nitrogen and oxygen atoms in total. The quantitative estimate of drug-likeness (QED) is 0.618. The topological polar surface area (TPSA) is 49.5 Å². The highest BCUT2D eigenvalue weighted by Crippen LogP contribution is 2.23. The molecule has 0 amide bonds. The molecule has 0 bridgehead atoms. The molecule has 0 aromatic heterocycles. The van der Waals surface area contributed by atoms with Crippen LogP contribution in [0, 0.1) is 12.3 Å². The highest BCUT2D eigenvalue weighted by Gasteiger charge is 2.39. The van der Waals surface area contributed by atoms with E-state index >= 15 is 0 Å². The predicted octanol–water partition coefficient (Wildman–Crippen LogP) is -0.350. The highest BCUT2D eigenvalue weighted by molar-refractivity contribution is 5.12. The normalized spacial score (nSPS) is 29.1. The van der Waals surface area contributed by atoms with Crippen molar-refractivity contribution in [3.63, 3.8) is 0 Å². The summed E-state index contributed by atoms with van der Waals surface area (Å²) in [5, 5.41) is 9.59. The molecule has 0 saturated carbocycles. The van der Waals surface area contributed by atoms with Crippen LogP contribution < -0.4 is 5.73 Å². The molecule has 80 valence electrons. The van der Waals surface area contributed by atoms with E-state index in [1.807, 2.05) is 0 Å². The summed E-state index contributed by atoms with van der Waals surface area (Å²) in [5.74, 6) is -0.691. The number of β-amino-alcohol motifs (C(OH)–C–C–N with tert-alkyl or cyclic N) is 1. The molecule has 0 aromatic rings. The maximum Gasteiger partial charge on any atom is 0.272 e. The van der Waals surface area contributed by atoms with Gasteiger partial charge in [-0.1, -0.05) is 5.92 Å². The fourth-order valence-electron chi connectivity index (χ4n) is 1.52. The van der Waals surface area contributed by atoms with Gasteiger partial charge in [0.25, 0.3) is 5.92 Å². The Labute approximate surface area is 81.9 Å². The van der Waals surface area contributed by atoms with E-state index in [2.05, 4.69) is 5.92 Å². The van der Waals surface area contributed by atoms with Crippen molar-refractivity contribution >= 4 is 0 Å². The van der Waals surface area contributed by atoms with E-state index in [-0.39, 0.29) is 6.54 Å². The highest BCUT2D eigenvalue weighted by atomic mass is 19.3. The van der Waals surface area contributed by atoms with Gasteiger partial charge >= 0.3 is 0 Å². The number of nitrogens with zero attached hydrogens (tertiary/aromatic N) is 1. The standard InChI is InChI=1S/C9H14F2N2O/c1-2-8(14)3-4-13(6-8)7-9(10,11)5-12/h1,14H,3-7,12H2. The first-order valence-corrected chi connectivity index (χ1v) is 4.41. The number of halogens is 2. The van der Waals surface area contributed by atoms with Crippen molar-refractivity contribution in [3.8, 4) is 12.3 Å². The Morgan fingerprint density at radius 2 is 2.29 bits per heavy atom. The first kappa shape index (κ1) is 11.4. The van der Waals surface area contributed by atoms with Crippen molar-refractivity contribution in [3.05, 3.63) is 0 Å². The van der Waals surface area contributed by atoms with Gasteiger partial charge in [0.1, 0.15) is 5.60 Å². The van der Waals surface area contributed by atoms with Crippen molar-refractivity contribution in [1.82, 2.24) is 4.90 Å². The molecule has 14 heavy (non-hydrogen) atoms. The van der Waals surface area contributed by atoms with Gasteiger partial charge in [-0.25, -0.2) is 8.78 Å². The van der Waals surface area contributed by atoms with Gasteiger partial charge in [0.15, 0.2) is 0 Å². The van der Waals surface area contributed by atoms with Gasteiger partial charge in [0, 0.05) is 19.5 Å². The zero-order valence-corrected chi connectivity index (χ0v) is 7.84. The van der Waals surface area contributed by atoms with Crippen LogP contribution in [0.4, 0.5) is 8.78 Å². The summed E-state index contributed by atoms with van der Waals surface area (Å²) in [7, 11) is 0. The van der Waals surface area contributed by atoms with Crippen molar-refractivity contribution in [2.24, 2.45) is 5.73 Å². The van der Waals surface area contributed by atoms with Crippen LogP contribution >= 0.6 is 0 Å². The second-order valence-corrected chi connectivity index (χ2v) is 3.70. The SMILES string of the molecule is C#CC1(O)CCN(CC(F)(F)CN)C1. The van der Waals surface area contributed by atoms with E-state index in [0.29, 0.717) is 13.0 Å². The Morgan fingerprint density at radius 3 is 2.71 bits per heavy atom. The van der Waals surface area contributed by atoms with E-state index in [0.717, 1.165) is 0 Å². The van der Waals surface area contributed by atoms with Gasteiger partial charge in [0.2, 0.25) is 0 Å². The lowest BCUT2D eigenvalue weighted by molar-refractivity contribution is -0.0223. The molecule has 0 aromatic carbocycles. The van der Waals surface area contributed by atoms with Gasteiger partial charge in [-0.2, -0.15) is 0 Å². The Hall–Kier alpha value is -0.700. The number of terminal acetylenes is 1. The molecule has 1 aliphatic heterocycles. The Bertz CT molecular complexity index is 252. The Kier molecular flexibility index (Phi) is 3.10. The average Bonchev–Trinajstić information content (AvgIpc) is 2.48. The average molecular weight is 204 g/mol. The van der Waals surface area contributed by atoms with Gasteiger partial charge in [0.05, 0.1) is 13.1 Å². The summed E-state index contributed by atoms with van der Waals surface area (Å²) in [4.78, 5) is 1.44. The number of aliphatic hydroxyl groups is 1. The van der Waals surface area contributed by atoms with Crippen LogP contribution in [-0.4, -0.2) is 47.7 Å². The van der Waals surface area contributed by atoms with Crippen molar-refractivity contribution in [1.29, 1.82) is 0 Å². The van der Waals surface area contributed by atoms with Crippen LogP contribution in [0.15, 0.2) is 0 Å². The summed E-state index contributed by atoms with van der Waals surface area (Å²) >= 11 is 0. The van der Waals surface area contributed by atoms with Gasteiger partial charge < -0.3 is 10.8 Å². The monoisotopic (exact) mass is 204 g/mol. The third-order valence-electron chi connectivity index (χ3n) is 2.35. The lowest BCUT2D eigenvalue weighted by Gasteiger charge is -2.22. The summed E-state index contributed by atoms with van der Waals surface area (Å²) in [6, 6.07) is 0. The molecule has 1 atom stereocenters. The lowest BCUT2D eigenvalue weighted by atomic mass is 10.1. The fraction of sp³-hybridized carbons (Fsp3) is 0.778. The molecule has 1 aliphatic rings. The van der Waals surface area contributed by atoms with E-state index in [1.165, 1.54) is 4.90 Å². The summed E-state index contributed by atoms with van der Waals surface area (Å²) < 4.78 is 25.7. The Morgan fingerprint density at radius 1 is 1.64 bits per heavy atom. The molecule has 1 heterocycles. The largest absolute Gasteiger partial charge is 0.376 e. The van der Waals surface area contributed by atoms with Gasteiger partial charge in [-0.3, -0.25) is 4.90 Å². The predicted molar refractivity (Wildman–Crippen MR) is 48.8 cm³/mol. The van der Waals surface area contributed by atoms with E-state index < -0.39 is 24.6 Å². The second kappa shape index (κ2) is 3.81. The van der Waals surface area contributed by atoms with Gasteiger partial charge in [-0.05, 0) is 0 Å². The van der Waals surface area contributed by atoms with E-state index in [4.69, 9.17) is 12.2 Å². The van der Waals surface area contributed by atoms with E-state index in [1.54, 1.807) is 0 Å². The minimum Gasteiger partial charge on any atom is -0.376 e. The van der Waals surface area contributed by atoms with Crippen molar-refractivity contribution in [2.75, 3.05) is 26.2 Å². The van der Waals surface area contributed by atoms with E-state index in [9.17, 15) is 13.9 Å². The number of hydrogen-bond acceptors (Lipinski definition) is 3. The smallest absolute Gasteiger partial charge is 0.272 e. The van der Waals surface area contributed by atoms with Crippen LogP contribution in [0.3, 0.4) is 0 Å². The van der Waals surface area contributed by atoms with Crippen LogP contribution in [0.5, 0.6) is 0 Å². The Balaban J connectivity index is 2.49. The van der Waals surface area contributed by atoms with Crippen molar-refractivity contribution in [2.45, 2.75) is 17.9 Å². The molecule has 0 aliphatic carbocycles.